The second-order valence-electron chi connectivity index (χ2n) is 5.55. The summed E-state index contributed by atoms with van der Waals surface area (Å²) in [5.74, 6) is 0.0538. The van der Waals surface area contributed by atoms with E-state index in [2.05, 4.69) is 4.98 Å². The third kappa shape index (κ3) is 3.59. The number of benzene rings is 1. The summed E-state index contributed by atoms with van der Waals surface area (Å²) >= 11 is 1.42. The average Bonchev–Trinajstić information content (AvgIpc) is 2.87. The number of hydrogen-bond acceptors (Lipinski definition) is 4. The Balaban J connectivity index is 1.65. The van der Waals surface area contributed by atoms with E-state index in [9.17, 15) is 9.59 Å². The molecule has 2 aromatic rings. The van der Waals surface area contributed by atoms with Crippen LogP contribution in [0.2, 0.25) is 0 Å². The van der Waals surface area contributed by atoms with Gasteiger partial charge in [-0.3, -0.25) is 9.59 Å². The van der Waals surface area contributed by atoms with Crippen molar-refractivity contribution in [2.45, 2.75) is 13.3 Å². The summed E-state index contributed by atoms with van der Waals surface area (Å²) in [6.45, 7) is 4.38. The Kier molecular flexibility index (Phi) is 4.71. The normalized spacial score (nSPS) is 15.3. The molecular formula is C17H19N3O2S. The fourth-order valence-corrected chi connectivity index (χ4v) is 3.45. The van der Waals surface area contributed by atoms with Crippen LogP contribution in [0.5, 0.6) is 0 Å². The fraction of sp³-hybridized carbons (Fsp3) is 0.353. The molecule has 2 amide bonds. The number of rotatable bonds is 2. The van der Waals surface area contributed by atoms with Gasteiger partial charge in [-0.1, -0.05) is 18.2 Å². The zero-order valence-electron chi connectivity index (χ0n) is 13.1. The van der Waals surface area contributed by atoms with Crippen LogP contribution in [0.25, 0.3) is 0 Å². The summed E-state index contributed by atoms with van der Waals surface area (Å²) in [5.41, 5.74) is 0.699. The third-order valence-electron chi connectivity index (χ3n) is 3.92. The predicted octanol–water partition coefficient (Wildman–Crippen LogP) is 2.44. The summed E-state index contributed by atoms with van der Waals surface area (Å²) in [6.07, 6.45) is 2.43. The van der Waals surface area contributed by atoms with Crippen molar-refractivity contribution in [3.8, 4) is 0 Å². The molecule has 23 heavy (non-hydrogen) atoms. The first-order chi connectivity index (χ1) is 11.1. The first-order valence-corrected chi connectivity index (χ1v) is 8.53. The second kappa shape index (κ2) is 6.91. The fourth-order valence-electron chi connectivity index (χ4n) is 2.70. The number of nitrogens with zero attached hydrogens (tertiary/aromatic N) is 3. The molecule has 0 unspecified atom stereocenters. The molecule has 0 atom stereocenters. The lowest BCUT2D eigenvalue weighted by Crippen LogP contribution is -2.37. The molecule has 1 aliphatic rings. The van der Waals surface area contributed by atoms with Gasteiger partial charge in [-0.25, -0.2) is 4.98 Å². The van der Waals surface area contributed by atoms with Gasteiger partial charge in [0, 0.05) is 31.7 Å². The SMILES string of the molecule is Cc1ncc(C(=O)N2CCCN(C(=O)c3ccccc3)CC2)s1. The lowest BCUT2D eigenvalue weighted by Gasteiger charge is -2.21. The maximum Gasteiger partial charge on any atom is 0.265 e. The number of aryl methyl sites for hydroxylation is 1. The van der Waals surface area contributed by atoms with Crippen LogP contribution in [0.4, 0.5) is 0 Å². The zero-order chi connectivity index (χ0) is 16.2. The van der Waals surface area contributed by atoms with Gasteiger partial charge in [0.2, 0.25) is 0 Å². The summed E-state index contributed by atoms with van der Waals surface area (Å²) in [5, 5.41) is 0.893. The van der Waals surface area contributed by atoms with E-state index in [-0.39, 0.29) is 11.8 Å². The van der Waals surface area contributed by atoms with Crippen molar-refractivity contribution in [1.29, 1.82) is 0 Å². The average molecular weight is 329 g/mol. The van der Waals surface area contributed by atoms with Crippen LogP contribution in [0.3, 0.4) is 0 Å². The Hall–Kier alpha value is -2.21. The van der Waals surface area contributed by atoms with Crippen molar-refractivity contribution in [2.75, 3.05) is 26.2 Å². The summed E-state index contributed by atoms with van der Waals surface area (Å²) in [4.78, 5) is 33.5. The largest absolute Gasteiger partial charge is 0.337 e. The predicted molar refractivity (Wildman–Crippen MR) is 89.7 cm³/mol. The van der Waals surface area contributed by atoms with Gasteiger partial charge in [0.1, 0.15) is 4.88 Å². The van der Waals surface area contributed by atoms with Gasteiger partial charge in [-0.05, 0) is 25.5 Å². The molecule has 0 radical (unpaired) electrons. The smallest absolute Gasteiger partial charge is 0.265 e. The van der Waals surface area contributed by atoms with Crippen LogP contribution in [0.1, 0.15) is 31.5 Å². The number of amides is 2. The molecule has 1 aliphatic heterocycles. The number of carbonyl (C=O) groups excluding carboxylic acids is 2. The minimum absolute atomic E-state index is 0.0182. The van der Waals surface area contributed by atoms with Crippen molar-refractivity contribution in [3.05, 3.63) is 52.0 Å². The van der Waals surface area contributed by atoms with Crippen molar-refractivity contribution in [1.82, 2.24) is 14.8 Å². The topological polar surface area (TPSA) is 53.5 Å². The number of hydrogen-bond donors (Lipinski definition) is 0. The van der Waals surface area contributed by atoms with Crippen LogP contribution in [0, 0.1) is 6.92 Å². The molecular weight excluding hydrogens is 310 g/mol. The third-order valence-corrected chi connectivity index (χ3v) is 4.82. The molecule has 0 aliphatic carbocycles. The van der Waals surface area contributed by atoms with E-state index < -0.39 is 0 Å². The lowest BCUT2D eigenvalue weighted by atomic mass is 10.2. The highest BCUT2D eigenvalue weighted by Gasteiger charge is 2.24. The van der Waals surface area contributed by atoms with E-state index in [1.165, 1.54) is 11.3 Å². The summed E-state index contributed by atoms with van der Waals surface area (Å²) < 4.78 is 0. The molecule has 0 N–H and O–H groups in total. The Morgan fingerprint density at radius 3 is 2.26 bits per heavy atom. The highest BCUT2D eigenvalue weighted by Crippen LogP contribution is 2.16. The molecule has 1 aromatic carbocycles. The first-order valence-electron chi connectivity index (χ1n) is 7.71. The molecule has 5 nitrogen and oxygen atoms in total. The minimum atomic E-state index is 0.0182. The summed E-state index contributed by atoms with van der Waals surface area (Å²) in [7, 11) is 0. The maximum absolute atomic E-state index is 12.5. The van der Waals surface area contributed by atoms with Crippen LogP contribution < -0.4 is 0 Å². The van der Waals surface area contributed by atoms with Crippen molar-refractivity contribution in [3.63, 3.8) is 0 Å². The van der Waals surface area contributed by atoms with E-state index in [1.807, 2.05) is 47.1 Å². The van der Waals surface area contributed by atoms with Crippen molar-refractivity contribution < 1.29 is 9.59 Å². The van der Waals surface area contributed by atoms with Crippen molar-refractivity contribution >= 4 is 23.2 Å². The van der Waals surface area contributed by atoms with Crippen LogP contribution in [-0.2, 0) is 0 Å². The Labute approximate surface area is 139 Å². The van der Waals surface area contributed by atoms with Crippen LogP contribution >= 0.6 is 11.3 Å². The van der Waals surface area contributed by atoms with E-state index in [0.29, 0.717) is 36.6 Å². The molecule has 120 valence electrons. The van der Waals surface area contributed by atoms with Crippen molar-refractivity contribution in [2.24, 2.45) is 0 Å². The molecule has 1 fully saturated rings. The zero-order valence-corrected chi connectivity index (χ0v) is 13.9. The van der Waals surface area contributed by atoms with E-state index in [1.54, 1.807) is 6.20 Å². The molecule has 0 spiro atoms. The van der Waals surface area contributed by atoms with Gasteiger partial charge < -0.3 is 9.80 Å². The molecule has 1 aromatic heterocycles. The van der Waals surface area contributed by atoms with Gasteiger partial charge in [0.05, 0.1) is 11.2 Å². The highest BCUT2D eigenvalue weighted by atomic mass is 32.1. The monoisotopic (exact) mass is 329 g/mol. The van der Waals surface area contributed by atoms with E-state index in [0.717, 1.165) is 11.4 Å². The van der Waals surface area contributed by atoms with Gasteiger partial charge in [0.25, 0.3) is 11.8 Å². The second-order valence-corrected chi connectivity index (χ2v) is 6.78. The Morgan fingerprint density at radius 1 is 1.00 bits per heavy atom. The molecule has 3 rings (SSSR count). The molecule has 1 saturated heterocycles. The molecule has 6 heteroatoms. The Morgan fingerprint density at radius 2 is 1.65 bits per heavy atom. The standard InChI is InChI=1S/C17H19N3O2S/c1-13-18-12-15(23-13)17(22)20-9-5-8-19(10-11-20)16(21)14-6-3-2-4-7-14/h2-4,6-7,12H,5,8-11H2,1H3. The number of thiazole rings is 1. The van der Waals surface area contributed by atoms with E-state index in [4.69, 9.17) is 0 Å². The highest BCUT2D eigenvalue weighted by molar-refractivity contribution is 7.13. The van der Waals surface area contributed by atoms with Gasteiger partial charge in [0.15, 0.2) is 0 Å². The lowest BCUT2D eigenvalue weighted by molar-refractivity contribution is 0.0721. The van der Waals surface area contributed by atoms with Crippen LogP contribution in [0.15, 0.2) is 36.5 Å². The van der Waals surface area contributed by atoms with Gasteiger partial charge in [-0.2, -0.15) is 0 Å². The number of aromatic nitrogens is 1. The van der Waals surface area contributed by atoms with E-state index >= 15 is 0 Å². The number of carbonyl (C=O) groups is 2. The summed E-state index contributed by atoms with van der Waals surface area (Å²) in [6, 6.07) is 9.29. The molecule has 0 saturated carbocycles. The quantitative estimate of drug-likeness (QED) is 0.850. The van der Waals surface area contributed by atoms with Gasteiger partial charge >= 0.3 is 0 Å². The molecule has 0 bridgehead atoms. The minimum Gasteiger partial charge on any atom is -0.337 e. The molecule has 2 heterocycles. The maximum atomic E-state index is 12.5. The first kappa shape index (κ1) is 15.7. The van der Waals surface area contributed by atoms with Gasteiger partial charge in [-0.15, -0.1) is 11.3 Å². The Bertz CT molecular complexity index is 699. The van der Waals surface area contributed by atoms with Crippen LogP contribution in [-0.4, -0.2) is 52.8 Å².